The van der Waals surface area contributed by atoms with Crippen LogP contribution < -0.4 is 4.74 Å². The number of ether oxygens (including phenoxy) is 1. The number of nitrogens with zero attached hydrogens (tertiary/aromatic N) is 3. The largest absolute Gasteiger partial charge is 0.496 e. The van der Waals surface area contributed by atoms with E-state index in [0.29, 0.717) is 16.5 Å². The number of azide groups is 1. The van der Waals surface area contributed by atoms with Gasteiger partial charge >= 0.3 is 0 Å². The Morgan fingerprint density at radius 1 is 1.58 bits per heavy atom. The molecule has 0 bridgehead atoms. The second-order valence-corrected chi connectivity index (χ2v) is 2.44. The molecule has 0 aromatic heterocycles. The smallest absolute Gasteiger partial charge is 0.128 e. The van der Waals surface area contributed by atoms with E-state index in [0.717, 1.165) is 0 Å². The van der Waals surface area contributed by atoms with Crippen LogP contribution in [-0.4, -0.2) is 7.11 Å². The molecule has 5 heteroatoms. The molecule has 0 aliphatic heterocycles. The highest BCUT2D eigenvalue weighted by molar-refractivity contribution is 6.30. The molecule has 0 saturated heterocycles. The first-order valence-electron chi connectivity index (χ1n) is 3.16. The van der Waals surface area contributed by atoms with E-state index in [1.54, 1.807) is 18.2 Å². The number of hydrogen-bond donors (Lipinski definition) is 0. The van der Waals surface area contributed by atoms with Gasteiger partial charge in [-0.05, 0) is 23.7 Å². The van der Waals surface area contributed by atoms with Gasteiger partial charge in [-0.2, -0.15) is 0 Å². The van der Waals surface area contributed by atoms with Gasteiger partial charge in [-0.15, -0.1) is 0 Å². The molecule has 1 aromatic carbocycles. The van der Waals surface area contributed by atoms with Crippen LogP contribution in [0.3, 0.4) is 0 Å². The lowest BCUT2D eigenvalue weighted by Crippen LogP contribution is -1.81. The molecule has 0 N–H and O–H groups in total. The van der Waals surface area contributed by atoms with Crippen LogP contribution in [0.1, 0.15) is 0 Å². The van der Waals surface area contributed by atoms with E-state index in [-0.39, 0.29) is 0 Å². The first kappa shape index (κ1) is 8.71. The molecule has 62 valence electrons. The summed E-state index contributed by atoms with van der Waals surface area (Å²) in [6.07, 6.45) is 0. The van der Waals surface area contributed by atoms with Gasteiger partial charge < -0.3 is 4.74 Å². The third-order valence-electron chi connectivity index (χ3n) is 1.29. The highest BCUT2D eigenvalue weighted by Crippen LogP contribution is 2.30. The van der Waals surface area contributed by atoms with Gasteiger partial charge in [0.05, 0.1) is 12.8 Å². The fourth-order valence-electron chi connectivity index (χ4n) is 0.789. The van der Waals surface area contributed by atoms with Crippen LogP contribution in [0.5, 0.6) is 5.75 Å². The van der Waals surface area contributed by atoms with Crippen LogP contribution in [-0.2, 0) is 0 Å². The van der Waals surface area contributed by atoms with Gasteiger partial charge in [-0.25, -0.2) is 0 Å². The quantitative estimate of drug-likeness (QED) is 0.394. The predicted molar refractivity (Wildman–Crippen MR) is 46.8 cm³/mol. The fraction of sp³-hybridized carbons (Fsp3) is 0.143. The minimum Gasteiger partial charge on any atom is -0.496 e. The Morgan fingerprint density at radius 3 is 2.92 bits per heavy atom. The number of halogens is 1. The molecular weight excluding hydrogens is 178 g/mol. The van der Waals surface area contributed by atoms with Crippen LogP contribution in [0.2, 0.25) is 5.02 Å². The Balaban J connectivity index is 3.20. The summed E-state index contributed by atoms with van der Waals surface area (Å²) in [7, 11) is 1.50. The standard InChI is InChI=1S/C7H6ClN3O/c1-12-7-3-2-5(8)4-6(7)10-11-9/h2-4H,1H3. The molecule has 0 unspecified atom stereocenters. The van der Waals surface area contributed by atoms with Gasteiger partial charge in [-0.3, -0.25) is 0 Å². The molecule has 1 aromatic rings. The molecule has 0 heterocycles. The molecule has 0 spiro atoms. The average Bonchev–Trinajstić information content (AvgIpc) is 2.05. The summed E-state index contributed by atoms with van der Waals surface area (Å²) in [6.45, 7) is 0. The molecule has 0 amide bonds. The van der Waals surface area contributed by atoms with E-state index in [1.807, 2.05) is 0 Å². The van der Waals surface area contributed by atoms with Crippen molar-refractivity contribution >= 4 is 17.3 Å². The van der Waals surface area contributed by atoms with Gasteiger partial charge in [0.2, 0.25) is 0 Å². The lowest BCUT2D eigenvalue weighted by atomic mass is 10.3. The Kier molecular flexibility index (Phi) is 2.80. The summed E-state index contributed by atoms with van der Waals surface area (Å²) in [4.78, 5) is 2.64. The van der Waals surface area contributed by atoms with Crippen molar-refractivity contribution < 1.29 is 4.74 Å². The predicted octanol–water partition coefficient (Wildman–Crippen LogP) is 3.29. The average molecular weight is 184 g/mol. The number of benzene rings is 1. The maximum atomic E-state index is 8.19. The van der Waals surface area contributed by atoms with Crippen molar-refractivity contribution in [2.45, 2.75) is 0 Å². The van der Waals surface area contributed by atoms with Gasteiger partial charge in [0.1, 0.15) is 5.75 Å². The topological polar surface area (TPSA) is 58.0 Å². The first-order valence-corrected chi connectivity index (χ1v) is 3.54. The number of hydrogen-bond acceptors (Lipinski definition) is 2. The summed E-state index contributed by atoms with van der Waals surface area (Å²) in [5.74, 6) is 0.511. The molecule has 0 radical (unpaired) electrons. The van der Waals surface area contributed by atoms with Crippen molar-refractivity contribution in [3.63, 3.8) is 0 Å². The fourth-order valence-corrected chi connectivity index (χ4v) is 0.956. The zero-order chi connectivity index (χ0) is 8.97. The third kappa shape index (κ3) is 1.81. The first-order chi connectivity index (χ1) is 5.77. The number of rotatable bonds is 2. The van der Waals surface area contributed by atoms with E-state index in [9.17, 15) is 0 Å². The third-order valence-corrected chi connectivity index (χ3v) is 1.53. The van der Waals surface area contributed by atoms with E-state index in [2.05, 4.69) is 10.0 Å². The minimum atomic E-state index is 0.396. The van der Waals surface area contributed by atoms with Gasteiger partial charge in [0, 0.05) is 9.93 Å². The van der Waals surface area contributed by atoms with E-state index < -0.39 is 0 Å². The van der Waals surface area contributed by atoms with Crippen LogP contribution in [0.15, 0.2) is 23.3 Å². The van der Waals surface area contributed by atoms with Crippen molar-refractivity contribution in [3.8, 4) is 5.75 Å². The molecule has 0 fully saturated rings. The van der Waals surface area contributed by atoms with Crippen LogP contribution >= 0.6 is 11.6 Å². The van der Waals surface area contributed by atoms with Crippen LogP contribution in [0, 0.1) is 0 Å². The molecule has 0 aliphatic carbocycles. The molecule has 1 rings (SSSR count). The number of methoxy groups -OCH3 is 1. The molecule has 0 saturated carbocycles. The molecule has 0 aliphatic rings. The Morgan fingerprint density at radius 2 is 2.33 bits per heavy atom. The second-order valence-electron chi connectivity index (χ2n) is 2.01. The summed E-state index contributed by atoms with van der Waals surface area (Å²) in [6, 6.07) is 4.85. The highest BCUT2D eigenvalue weighted by Gasteiger charge is 1.99. The maximum absolute atomic E-state index is 8.19. The minimum absolute atomic E-state index is 0.396. The monoisotopic (exact) mass is 183 g/mol. The Labute approximate surface area is 74.3 Å². The SMILES string of the molecule is COc1ccc(Cl)cc1N=[N+]=[N-]. The van der Waals surface area contributed by atoms with E-state index in [4.69, 9.17) is 21.9 Å². The lowest BCUT2D eigenvalue weighted by molar-refractivity contribution is 0.416. The van der Waals surface area contributed by atoms with Crippen LogP contribution in [0.25, 0.3) is 10.4 Å². The zero-order valence-electron chi connectivity index (χ0n) is 6.36. The second kappa shape index (κ2) is 3.85. The van der Waals surface area contributed by atoms with Gasteiger partial charge in [0.15, 0.2) is 0 Å². The zero-order valence-corrected chi connectivity index (χ0v) is 7.12. The van der Waals surface area contributed by atoms with E-state index >= 15 is 0 Å². The lowest BCUT2D eigenvalue weighted by Gasteiger charge is -2.02. The van der Waals surface area contributed by atoms with E-state index in [1.165, 1.54) is 7.11 Å². The molecule has 12 heavy (non-hydrogen) atoms. The Bertz CT molecular complexity index is 333. The van der Waals surface area contributed by atoms with Crippen molar-refractivity contribution in [2.75, 3.05) is 7.11 Å². The van der Waals surface area contributed by atoms with Gasteiger partial charge in [0.25, 0.3) is 0 Å². The summed E-state index contributed by atoms with van der Waals surface area (Å²) in [5, 5.41) is 3.92. The summed E-state index contributed by atoms with van der Waals surface area (Å²) < 4.78 is 4.93. The maximum Gasteiger partial charge on any atom is 0.128 e. The van der Waals surface area contributed by atoms with Crippen LogP contribution in [0.4, 0.5) is 5.69 Å². The Hall–Kier alpha value is -1.38. The summed E-state index contributed by atoms with van der Waals surface area (Å²) in [5.41, 5.74) is 8.59. The summed E-state index contributed by atoms with van der Waals surface area (Å²) >= 11 is 5.67. The van der Waals surface area contributed by atoms with Crippen molar-refractivity contribution in [2.24, 2.45) is 5.11 Å². The van der Waals surface area contributed by atoms with Crippen molar-refractivity contribution in [3.05, 3.63) is 33.7 Å². The molecule has 4 nitrogen and oxygen atoms in total. The van der Waals surface area contributed by atoms with Crippen molar-refractivity contribution in [1.82, 2.24) is 0 Å². The van der Waals surface area contributed by atoms with Gasteiger partial charge in [-0.1, -0.05) is 16.7 Å². The molecular formula is C7H6ClN3O. The normalized spacial score (nSPS) is 8.83. The van der Waals surface area contributed by atoms with Crippen molar-refractivity contribution in [1.29, 1.82) is 0 Å². The molecule has 0 atom stereocenters. The highest BCUT2D eigenvalue weighted by atomic mass is 35.5.